The molecule has 0 bridgehead atoms. The van der Waals surface area contributed by atoms with Crippen molar-refractivity contribution in [1.82, 2.24) is 5.32 Å². The number of hydrogen-bond donors (Lipinski definition) is 6. The summed E-state index contributed by atoms with van der Waals surface area (Å²) in [6, 6.07) is -0.819. The quantitative estimate of drug-likeness (QED) is 0.0716. The van der Waals surface area contributed by atoms with Gasteiger partial charge < -0.3 is 40.3 Å². The van der Waals surface area contributed by atoms with E-state index < -0.39 is 49.5 Å². The SMILES string of the molecule is CCC/C=C/CC/C=C/C(O)C(COC1OC(CO)C(O)C(O)C1O)NC(=O)CCCCCCC/C=C\CCCCC. The Morgan fingerprint density at radius 1 is 0.786 bits per heavy atom. The second-order valence-corrected chi connectivity index (χ2v) is 11.2. The molecule has 0 aliphatic carbocycles. The second-order valence-electron chi connectivity index (χ2n) is 11.2. The van der Waals surface area contributed by atoms with Gasteiger partial charge in [-0.25, -0.2) is 0 Å². The molecule has 7 atom stereocenters. The van der Waals surface area contributed by atoms with Gasteiger partial charge in [-0.3, -0.25) is 4.79 Å². The monoisotopic (exact) mass is 597 g/mol. The number of aliphatic hydroxyl groups excluding tert-OH is 5. The number of aliphatic hydroxyl groups is 5. The van der Waals surface area contributed by atoms with E-state index in [1.165, 1.54) is 25.7 Å². The van der Waals surface area contributed by atoms with E-state index in [0.29, 0.717) is 6.42 Å². The van der Waals surface area contributed by atoms with Gasteiger partial charge in [0.1, 0.15) is 24.4 Å². The number of carbonyl (C=O) groups excluding carboxylic acids is 1. The van der Waals surface area contributed by atoms with Crippen LogP contribution in [0.3, 0.4) is 0 Å². The van der Waals surface area contributed by atoms with Crippen molar-refractivity contribution in [2.24, 2.45) is 0 Å². The van der Waals surface area contributed by atoms with Gasteiger partial charge in [0.25, 0.3) is 0 Å². The van der Waals surface area contributed by atoms with Gasteiger partial charge in [0.15, 0.2) is 6.29 Å². The summed E-state index contributed by atoms with van der Waals surface area (Å²) >= 11 is 0. The maximum atomic E-state index is 12.7. The van der Waals surface area contributed by atoms with E-state index in [9.17, 15) is 30.3 Å². The maximum Gasteiger partial charge on any atom is 0.220 e. The van der Waals surface area contributed by atoms with Crippen molar-refractivity contribution in [2.45, 2.75) is 153 Å². The largest absolute Gasteiger partial charge is 0.394 e. The second kappa shape index (κ2) is 24.8. The van der Waals surface area contributed by atoms with E-state index in [2.05, 4.69) is 43.5 Å². The Labute approximate surface area is 253 Å². The first-order chi connectivity index (χ1) is 20.3. The Morgan fingerprint density at radius 2 is 1.40 bits per heavy atom. The van der Waals surface area contributed by atoms with Crippen LogP contribution in [0.25, 0.3) is 0 Å². The molecule has 1 rings (SSSR count). The molecular formula is C33H59NO8. The number of rotatable bonds is 24. The summed E-state index contributed by atoms with van der Waals surface area (Å²) in [7, 11) is 0. The van der Waals surface area contributed by atoms with Crippen LogP contribution in [0.1, 0.15) is 110 Å². The Hall–Kier alpha value is -1.59. The summed E-state index contributed by atoms with van der Waals surface area (Å²) < 4.78 is 11.0. The molecule has 0 saturated carbocycles. The van der Waals surface area contributed by atoms with Gasteiger partial charge in [0, 0.05) is 6.42 Å². The maximum absolute atomic E-state index is 12.7. The smallest absolute Gasteiger partial charge is 0.220 e. The van der Waals surface area contributed by atoms with Crippen molar-refractivity contribution in [3.63, 3.8) is 0 Å². The summed E-state index contributed by atoms with van der Waals surface area (Å²) in [6.45, 7) is 3.56. The van der Waals surface area contributed by atoms with Gasteiger partial charge >= 0.3 is 0 Å². The summed E-state index contributed by atoms with van der Waals surface area (Å²) in [5.74, 6) is -0.206. The molecule has 1 saturated heterocycles. The van der Waals surface area contributed by atoms with Crippen LogP contribution < -0.4 is 5.32 Å². The Balaban J connectivity index is 2.53. The van der Waals surface area contributed by atoms with Gasteiger partial charge in [0.2, 0.25) is 5.91 Å². The molecule has 1 amide bonds. The minimum atomic E-state index is -1.57. The lowest BCUT2D eigenvalue weighted by molar-refractivity contribution is -0.302. The molecule has 0 aromatic carbocycles. The molecule has 0 aromatic heterocycles. The fourth-order valence-electron chi connectivity index (χ4n) is 4.70. The van der Waals surface area contributed by atoms with E-state index >= 15 is 0 Å². The average Bonchev–Trinajstić information content (AvgIpc) is 2.98. The molecule has 0 aromatic rings. The van der Waals surface area contributed by atoms with E-state index in [4.69, 9.17) is 9.47 Å². The van der Waals surface area contributed by atoms with Crippen LogP contribution in [0.15, 0.2) is 36.5 Å². The third kappa shape index (κ3) is 16.9. The highest BCUT2D eigenvalue weighted by atomic mass is 16.7. The van der Waals surface area contributed by atoms with Gasteiger partial charge in [-0.05, 0) is 51.4 Å². The zero-order valence-electron chi connectivity index (χ0n) is 26.0. The van der Waals surface area contributed by atoms with E-state index in [1.54, 1.807) is 6.08 Å². The number of nitrogens with one attached hydrogen (secondary N) is 1. The summed E-state index contributed by atoms with van der Waals surface area (Å²) in [5.41, 5.74) is 0. The summed E-state index contributed by atoms with van der Waals surface area (Å²) in [4.78, 5) is 12.7. The predicted octanol–water partition coefficient (Wildman–Crippen LogP) is 4.21. The van der Waals surface area contributed by atoms with Crippen molar-refractivity contribution >= 4 is 5.91 Å². The number of unbranched alkanes of at least 4 members (excludes halogenated alkanes) is 10. The Morgan fingerprint density at radius 3 is 2.10 bits per heavy atom. The number of amides is 1. The molecule has 0 radical (unpaired) electrons. The van der Waals surface area contributed by atoms with Crippen LogP contribution in [0.2, 0.25) is 0 Å². The molecule has 1 aliphatic heterocycles. The number of hydrogen-bond acceptors (Lipinski definition) is 8. The van der Waals surface area contributed by atoms with Crippen LogP contribution in [0.5, 0.6) is 0 Å². The van der Waals surface area contributed by atoms with Crippen LogP contribution >= 0.6 is 0 Å². The number of allylic oxidation sites excluding steroid dienone is 5. The lowest BCUT2D eigenvalue weighted by atomic mass is 9.99. The molecule has 0 spiro atoms. The standard InChI is InChI=1S/C33H59NO8/c1-3-5-7-9-11-12-13-14-15-17-19-21-23-29(37)34-26(27(36)22-20-18-16-10-8-6-4-2)25-41-33-32(40)31(39)30(38)28(24-35)42-33/h8,10-12,20,22,26-28,30-33,35-36,38-40H,3-7,9,13-19,21,23-25H2,1-2H3,(H,34,37)/b10-8+,12-11-,22-20+. The van der Waals surface area contributed by atoms with Crippen LogP contribution in [-0.4, -0.2) is 87.5 Å². The zero-order chi connectivity index (χ0) is 31.0. The molecule has 1 aliphatic rings. The lowest BCUT2D eigenvalue weighted by Crippen LogP contribution is -2.60. The minimum Gasteiger partial charge on any atom is -0.394 e. The highest BCUT2D eigenvalue weighted by molar-refractivity contribution is 5.76. The fraction of sp³-hybridized carbons (Fsp3) is 0.788. The minimum absolute atomic E-state index is 0.206. The molecular weight excluding hydrogens is 538 g/mol. The molecule has 42 heavy (non-hydrogen) atoms. The molecule has 244 valence electrons. The molecule has 1 fully saturated rings. The summed E-state index contributed by atoms with van der Waals surface area (Å²) in [6.07, 6.45) is 19.3. The van der Waals surface area contributed by atoms with Crippen molar-refractivity contribution < 1.29 is 39.8 Å². The van der Waals surface area contributed by atoms with Crippen LogP contribution in [0, 0.1) is 0 Å². The Bertz CT molecular complexity index is 756. The first kappa shape index (κ1) is 38.4. The normalized spacial score (nSPS) is 24.6. The highest BCUT2D eigenvalue weighted by Gasteiger charge is 2.44. The predicted molar refractivity (Wildman–Crippen MR) is 166 cm³/mol. The third-order valence-corrected chi connectivity index (χ3v) is 7.42. The average molecular weight is 598 g/mol. The molecule has 9 heteroatoms. The molecule has 6 N–H and O–H groups in total. The zero-order valence-corrected chi connectivity index (χ0v) is 26.0. The van der Waals surface area contributed by atoms with E-state index in [0.717, 1.165) is 64.2 Å². The lowest BCUT2D eigenvalue weighted by Gasteiger charge is -2.40. The first-order valence-electron chi connectivity index (χ1n) is 16.2. The van der Waals surface area contributed by atoms with Gasteiger partial charge in [0.05, 0.1) is 25.4 Å². The van der Waals surface area contributed by atoms with Crippen molar-refractivity contribution in [3.8, 4) is 0 Å². The van der Waals surface area contributed by atoms with Gasteiger partial charge in [-0.15, -0.1) is 0 Å². The van der Waals surface area contributed by atoms with Crippen molar-refractivity contribution in [3.05, 3.63) is 36.5 Å². The fourth-order valence-corrected chi connectivity index (χ4v) is 4.70. The first-order valence-corrected chi connectivity index (χ1v) is 16.2. The van der Waals surface area contributed by atoms with E-state index in [-0.39, 0.29) is 12.5 Å². The van der Waals surface area contributed by atoms with Crippen LogP contribution in [0.4, 0.5) is 0 Å². The van der Waals surface area contributed by atoms with Gasteiger partial charge in [-0.1, -0.05) is 88.8 Å². The van der Waals surface area contributed by atoms with Crippen LogP contribution in [-0.2, 0) is 14.3 Å². The third-order valence-electron chi connectivity index (χ3n) is 7.42. The summed E-state index contributed by atoms with van der Waals surface area (Å²) in [5, 5.41) is 53.4. The molecule has 9 nitrogen and oxygen atoms in total. The number of carbonyl (C=O) groups is 1. The van der Waals surface area contributed by atoms with E-state index in [1.807, 2.05) is 6.08 Å². The highest BCUT2D eigenvalue weighted by Crippen LogP contribution is 2.22. The molecule has 7 unspecified atom stereocenters. The van der Waals surface area contributed by atoms with Crippen molar-refractivity contribution in [2.75, 3.05) is 13.2 Å². The number of ether oxygens (including phenoxy) is 2. The molecule has 1 heterocycles. The van der Waals surface area contributed by atoms with Gasteiger partial charge in [-0.2, -0.15) is 0 Å². The Kier molecular flexibility index (Phi) is 22.7. The topological polar surface area (TPSA) is 149 Å². The van der Waals surface area contributed by atoms with Crippen molar-refractivity contribution in [1.29, 1.82) is 0 Å².